The largest absolute Gasteiger partial charge is 0.542 e. The quantitative estimate of drug-likeness (QED) is 0.275. The van der Waals surface area contributed by atoms with Crippen molar-refractivity contribution < 1.29 is 27.6 Å². The molecule has 2 atom stereocenters. The van der Waals surface area contributed by atoms with Gasteiger partial charge >= 0.3 is 6.18 Å². The highest BCUT2D eigenvalue weighted by atomic mass is 19.4. The number of rotatable bonds is 13. The molecule has 31 heavy (non-hydrogen) atoms. The monoisotopic (exact) mass is 445 g/mol. The van der Waals surface area contributed by atoms with Gasteiger partial charge in [0.2, 0.25) is 0 Å². The Kier molecular flexibility index (Phi) is 15.3. The minimum Gasteiger partial charge on any atom is -0.542 e. The number of hydrogen-bond donors (Lipinski definition) is 0. The molecule has 0 aliphatic heterocycles. The van der Waals surface area contributed by atoms with Crippen molar-refractivity contribution in [2.24, 2.45) is 17.8 Å². The van der Waals surface area contributed by atoms with Crippen LogP contribution in [0.5, 0.6) is 0 Å². The molecule has 1 rings (SSSR count). The van der Waals surface area contributed by atoms with Crippen molar-refractivity contribution in [3.05, 3.63) is 30.1 Å². The zero-order valence-corrected chi connectivity index (χ0v) is 20.0. The van der Waals surface area contributed by atoms with Gasteiger partial charge in [0.05, 0.1) is 0 Å². The maximum Gasteiger partial charge on any atom is 0.430 e. The predicted octanol–water partition coefficient (Wildman–Crippen LogP) is 6.02. The number of aliphatic carboxylic acids is 1. The zero-order chi connectivity index (χ0) is 23.9. The third-order valence-corrected chi connectivity index (χ3v) is 5.47. The highest BCUT2D eigenvalue weighted by Gasteiger charge is 2.28. The van der Waals surface area contributed by atoms with E-state index in [1.807, 2.05) is 0 Å². The van der Waals surface area contributed by atoms with E-state index in [4.69, 9.17) is 9.90 Å². The second-order valence-corrected chi connectivity index (χ2v) is 9.37. The molecule has 1 heterocycles. The van der Waals surface area contributed by atoms with Gasteiger partial charge in [0.15, 0.2) is 12.4 Å². The van der Waals surface area contributed by atoms with E-state index in [1.54, 1.807) is 0 Å². The first-order valence-corrected chi connectivity index (χ1v) is 11.7. The lowest BCUT2D eigenvalue weighted by Gasteiger charge is -2.14. The maximum absolute atomic E-state index is 10.5. The molecule has 0 aliphatic rings. The Bertz CT molecular complexity index is 603. The molecule has 0 amide bonds. The Balaban J connectivity index is 0.00000110. The normalized spacial score (nSPS) is 13.5. The van der Waals surface area contributed by atoms with Gasteiger partial charge in [-0.1, -0.05) is 72.6 Å². The fourth-order valence-corrected chi connectivity index (χ4v) is 3.56. The van der Waals surface area contributed by atoms with Crippen molar-refractivity contribution in [3.8, 4) is 0 Å². The lowest BCUT2D eigenvalue weighted by atomic mass is 9.92. The average Bonchev–Trinajstić information content (AvgIpc) is 2.65. The fourth-order valence-electron chi connectivity index (χ4n) is 3.56. The average molecular weight is 446 g/mol. The molecule has 0 aliphatic carbocycles. The van der Waals surface area contributed by atoms with Crippen molar-refractivity contribution in [1.82, 2.24) is 0 Å². The fraction of sp³-hybridized carbons (Fsp3) is 0.760. The summed E-state index contributed by atoms with van der Waals surface area (Å²) in [5.41, 5.74) is 1.35. The second-order valence-electron chi connectivity index (χ2n) is 9.37. The number of pyridine rings is 1. The van der Waals surface area contributed by atoms with Crippen LogP contribution in [0.15, 0.2) is 24.5 Å². The Morgan fingerprint density at radius 1 is 0.935 bits per heavy atom. The van der Waals surface area contributed by atoms with Gasteiger partial charge in [0, 0.05) is 18.1 Å². The summed E-state index contributed by atoms with van der Waals surface area (Å²) in [5, 5.41) is 8.78. The maximum atomic E-state index is 10.5. The zero-order valence-electron chi connectivity index (χ0n) is 20.0. The SMILES string of the molecule is Cc1ccc[n+](CCCCC(C)CCCC(C)CCCC(C)C)c1.O=C([O-])C(F)(F)F. The molecule has 0 bridgehead atoms. The molecule has 0 fully saturated rings. The van der Waals surface area contributed by atoms with Gasteiger partial charge < -0.3 is 9.90 Å². The molecule has 1 aromatic rings. The Labute approximate surface area is 187 Å². The van der Waals surface area contributed by atoms with Crippen LogP contribution in [0.4, 0.5) is 13.2 Å². The number of carbonyl (C=O) groups excluding carboxylic acids is 1. The molecule has 0 N–H and O–H groups in total. The van der Waals surface area contributed by atoms with Gasteiger partial charge in [0.1, 0.15) is 12.5 Å². The third kappa shape index (κ3) is 17.8. The molecule has 3 nitrogen and oxygen atoms in total. The molecule has 0 spiro atoms. The minimum atomic E-state index is -5.19. The van der Waals surface area contributed by atoms with Crippen molar-refractivity contribution >= 4 is 5.97 Å². The summed E-state index contributed by atoms with van der Waals surface area (Å²) in [6, 6.07) is 4.32. The number of nitrogens with zero attached hydrogens (tertiary/aromatic N) is 1. The Morgan fingerprint density at radius 2 is 1.42 bits per heavy atom. The van der Waals surface area contributed by atoms with E-state index in [1.165, 1.54) is 69.9 Å². The van der Waals surface area contributed by atoms with Crippen LogP contribution >= 0.6 is 0 Å². The third-order valence-electron chi connectivity index (χ3n) is 5.47. The highest BCUT2D eigenvalue weighted by Crippen LogP contribution is 2.21. The van der Waals surface area contributed by atoms with Crippen LogP contribution in [0.3, 0.4) is 0 Å². The van der Waals surface area contributed by atoms with Gasteiger partial charge in [-0.25, -0.2) is 4.57 Å². The first-order valence-electron chi connectivity index (χ1n) is 11.7. The van der Waals surface area contributed by atoms with Crippen LogP contribution in [-0.4, -0.2) is 12.1 Å². The number of aromatic nitrogens is 1. The van der Waals surface area contributed by atoms with E-state index in [0.717, 1.165) is 17.8 Å². The number of aryl methyl sites for hydroxylation is 2. The lowest BCUT2D eigenvalue weighted by molar-refractivity contribution is -0.697. The molecular formula is C25H42F3NO2. The standard InChI is InChI=1S/C23H42N.C2HF3O2/c1-20(2)11-8-13-22(4)15-9-14-21(3)12-6-7-17-24-18-10-16-23(5)19-24;3-2(4,5)1(6)7/h10,16,18-22H,6-9,11-15,17H2,1-5H3;(H,6,7)/q+1;/p-1. The van der Waals surface area contributed by atoms with Crippen LogP contribution in [0.2, 0.25) is 0 Å². The molecule has 180 valence electrons. The van der Waals surface area contributed by atoms with Crippen molar-refractivity contribution in [1.29, 1.82) is 0 Å². The highest BCUT2D eigenvalue weighted by molar-refractivity contribution is 5.70. The van der Waals surface area contributed by atoms with Gasteiger partial charge in [-0.05, 0) is 37.2 Å². The molecule has 0 saturated heterocycles. The minimum absolute atomic E-state index is 0.871. The summed E-state index contributed by atoms with van der Waals surface area (Å²) < 4.78 is 33.9. The molecule has 6 heteroatoms. The van der Waals surface area contributed by atoms with E-state index in [-0.39, 0.29) is 0 Å². The number of carboxylic acids is 1. The second kappa shape index (κ2) is 16.1. The van der Waals surface area contributed by atoms with E-state index < -0.39 is 12.1 Å². The summed E-state index contributed by atoms with van der Waals surface area (Å²) in [4.78, 5) is 8.78. The van der Waals surface area contributed by atoms with Crippen LogP contribution in [-0.2, 0) is 11.3 Å². The van der Waals surface area contributed by atoms with E-state index in [9.17, 15) is 13.2 Å². The van der Waals surface area contributed by atoms with E-state index in [2.05, 4.69) is 63.7 Å². The first kappa shape index (κ1) is 29.4. The van der Waals surface area contributed by atoms with Crippen molar-refractivity contribution in [3.63, 3.8) is 0 Å². The summed E-state index contributed by atoms with van der Waals surface area (Å²) >= 11 is 0. The molecule has 0 radical (unpaired) electrons. The van der Waals surface area contributed by atoms with Crippen LogP contribution in [0, 0.1) is 24.7 Å². The summed E-state index contributed by atoms with van der Waals surface area (Å²) in [6.07, 6.45) is 11.9. The van der Waals surface area contributed by atoms with Gasteiger partial charge in [-0.3, -0.25) is 0 Å². The van der Waals surface area contributed by atoms with Crippen molar-refractivity contribution in [2.45, 2.75) is 105 Å². The summed E-state index contributed by atoms with van der Waals surface area (Å²) in [5.74, 6) is -0.313. The first-order chi connectivity index (χ1) is 14.4. The van der Waals surface area contributed by atoms with Crippen LogP contribution < -0.4 is 9.67 Å². The van der Waals surface area contributed by atoms with E-state index >= 15 is 0 Å². The van der Waals surface area contributed by atoms with Crippen LogP contribution in [0.25, 0.3) is 0 Å². The Morgan fingerprint density at radius 3 is 1.87 bits per heavy atom. The number of unbranched alkanes of at least 4 members (excludes halogenated alkanes) is 1. The summed E-state index contributed by atoms with van der Waals surface area (Å²) in [6.45, 7) is 12.9. The number of alkyl halides is 3. The number of carboxylic acid groups (broad SMARTS) is 1. The predicted molar refractivity (Wildman–Crippen MR) is 117 cm³/mol. The van der Waals surface area contributed by atoms with Gasteiger partial charge in [-0.15, -0.1) is 0 Å². The van der Waals surface area contributed by atoms with Gasteiger partial charge in [-0.2, -0.15) is 13.2 Å². The van der Waals surface area contributed by atoms with E-state index in [0.29, 0.717) is 0 Å². The summed E-state index contributed by atoms with van der Waals surface area (Å²) in [7, 11) is 0. The number of hydrogen-bond acceptors (Lipinski definition) is 2. The molecular weight excluding hydrogens is 403 g/mol. The number of carbonyl (C=O) groups is 1. The lowest BCUT2D eigenvalue weighted by Crippen LogP contribution is -2.37. The number of halogens is 3. The molecule has 2 unspecified atom stereocenters. The van der Waals surface area contributed by atoms with Gasteiger partial charge in [0.25, 0.3) is 0 Å². The molecule has 0 saturated carbocycles. The van der Waals surface area contributed by atoms with Crippen LogP contribution in [0.1, 0.15) is 91.0 Å². The smallest absolute Gasteiger partial charge is 0.430 e. The topological polar surface area (TPSA) is 44.0 Å². The molecule has 1 aromatic heterocycles. The molecule has 0 aromatic carbocycles. The van der Waals surface area contributed by atoms with Crippen molar-refractivity contribution in [2.75, 3.05) is 0 Å². The Hall–Kier alpha value is -1.59.